The molecule has 1 N–H and O–H groups in total. The first kappa shape index (κ1) is 16.5. The predicted octanol–water partition coefficient (Wildman–Crippen LogP) is 3.64. The van der Waals surface area contributed by atoms with Crippen molar-refractivity contribution in [2.24, 2.45) is 5.16 Å². The van der Waals surface area contributed by atoms with Gasteiger partial charge in [-0.2, -0.15) is 8.42 Å². The van der Waals surface area contributed by atoms with Crippen molar-refractivity contribution < 1.29 is 17.8 Å². The van der Waals surface area contributed by atoms with E-state index in [-0.39, 0.29) is 10.6 Å². The molecule has 0 bridgehead atoms. The van der Waals surface area contributed by atoms with Crippen molar-refractivity contribution in [2.75, 3.05) is 0 Å². The van der Waals surface area contributed by atoms with E-state index < -0.39 is 10.1 Å². The highest BCUT2D eigenvalue weighted by Gasteiger charge is 2.19. The van der Waals surface area contributed by atoms with E-state index in [2.05, 4.69) is 21.1 Å². The standard InChI is InChI=1S/C15H14BrNO4S/c1-10-7-12(9-17-18)8-11(2)15(10)21-22(19,20)14-5-3-13(16)4-6-14/h3-9,18H,1-2H3/b17-9+. The van der Waals surface area contributed by atoms with Crippen molar-refractivity contribution in [3.63, 3.8) is 0 Å². The number of benzene rings is 2. The lowest BCUT2D eigenvalue weighted by molar-refractivity contribution is 0.322. The van der Waals surface area contributed by atoms with Crippen LogP contribution in [0.4, 0.5) is 0 Å². The lowest BCUT2D eigenvalue weighted by Gasteiger charge is -2.13. The molecule has 0 aromatic heterocycles. The molecule has 0 aliphatic carbocycles. The highest BCUT2D eigenvalue weighted by molar-refractivity contribution is 9.10. The third-order valence-electron chi connectivity index (χ3n) is 2.98. The van der Waals surface area contributed by atoms with E-state index in [0.29, 0.717) is 16.7 Å². The molecule has 0 atom stereocenters. The number of rotatable bonds is 4. The topological polar surface area (TPSA) is 76.0 Å². The second kappa shape index (κ2) is 6.50. The monoisotopic (exact) mass is 383 g/mol. The molecule has 0 radical (unpaired) electrons. The van der Waals surface area contributed by atoms with Crippen LogP contribution < -0.4 is 4.18 Å². The van der Waals surface area contributed by atoms with Crippen LogP contribution in [0, 0.1) is 13.8 Å². The van der Waals surface area contributed by atoms with Crippen molar-refractivity contribution in [2.45, 2.75) is 18.7 Å². The molecule has 0 aliphatic rings. The summed E-state index contributed by atoms with van der Waals surface area (Å²) in [4.78, 5) is 0.0792. The van der Waals surface area contributed by atoms with Crippen LogP contribution in [-0.4, -0.2) is 19.8 Å². The highest BCUT2D eigenvalue weighted by atomic mass is 79.9. The molecule has 0 aliphatic heterocycles. The SMILES string of the molecule is Cc1cc(/C=N/O)cc(C)c1OS(=O)(=O)c1ccc(Br)cc1. The summed E-state index contributed by atoms with van der Waals surface area (Å²) in [6.45, 7) is 3.46. The lowest BCUT2D eigenvalue weighted by Crippen LogP contribution is -2.11. The quantitative estimate of drug-likeness (QED) is 0.378. The summed E-state index contributed by atoms with van der Waals surface area (Å²) in [5.41, 5.74) is 1.93. The van der Waals surface area contributed by atoms with Gasteiger partial charge in [-0.15, -0.1) is 0 Å². The van der Waals surface area contributed by atoms with Crippen molar-refractivity contribution >= 4 is 32.3 Å². The van der Waals surface area contributed by atoms with Crippen LogP contribution in [0.5, 0.6) is 5.75 Å². The molecular formula is C15H14BrNO4S. The zero-order valence-corrected chi connectivity index (χ0v) is 14.3. The molecule has 0 spiro atoms. The molecule has 0 amide bonds. The Labute approximate surface area is 137 Å². The largest absolute Gasteiger partial charge is 0.411 e. The predicted molar refractivity (Wildman–Crippen MR) is 87.3 cm³/mol. The first-order valence-electron chi connectivity index (χ1n) is 6.32. The molecule has 5 nitrogen and oxygen atoms in total. The van der Waals surface area contributed by atoms with Crippen molar-refractivity contribution in [1.82, 2.24) is 0 Å². The summed E-state index contributed by atoms with van der Waals surface area (Å²) in [7, 11) is -3.90. The average molecular weight is 384 g/mol. The minimum atomic E-state index is -3.90. The number of hydrogen-bond donors (Lipinski definition) is 1. The molecule has 2 rings (SSSR count). The van der Waals surface area contributed by atoms with Crippen LogP contribution in [0.2, 0.25) is 0 Å². The Bertz CT molecular complexity index is 791. The van der Waals surface area contributed by atoms with E-state index in [4.69, 9.17) is 9.39 Å². The van der Waals surface area contributed by atoms with E-state index in [1.165, 1.54) is 18.3 Å². The normalized spacial score (nSPS) is 11.8. The van der Waals surface area contributed by atoms with Gasteiger partial charge in [0.15, 0.2) is 0 Å². The smallest absolute Gasteiger partial charge is 0.339 e. The maximum atomic E-state index is 12.3. The van der Waals surface area contributed by atoms with Crippen LogP contribution in [0.25, 0.3) is 0 Å². The van der Waals surface area contributed by atoms with Gasteiger partial charge in [0.05, 0.1) is 6.21 Å². The van der Waals surface area contributed by atoms with Crippen LogP contribution in [0.3, 0.4) is 0 Å². The van der Waals surface area contributed by atoms with Crippen molar-refractivity contribution in [1.29, 1.82) is 0 Å². The fourth-order valence-electron chi connectivity index (χ4n) is 2.02. The maximum absolute atomic E-state index is 12.3. The Morgan fingerprint density at radius 2 is 1.68 bits per heavy atom. The molecule has 0 heterocycles. The summed E-state index contributed by atoms with van der Waals surface area (Å²) in [6, 6.07) is 9.57. The third-order valence-corrected chi connectivity index (χ3v) is 4.75. The fourth-order valence-corrected chi connectivity index (χ4v) is 3.33. The van der Waals surface area contributed by atoms with Gasteiger partial charge >= 0.3 is 10.1 Å². The Morgan fingerprint density at radius 1 is 1.14 bits per heavy atom. The minimum Gasteiger partial charge on any atom is -0.411 e. The van der Waals surface area contributed by atoms with E-state index in [9.17, 15) is 8.42 Å². The molecule has 22 heavy (non-hydrogen) atoms. The Balaban J connectivity index is 2.39. The molecule has 7 heteroatoms. The van der Waals surface area contributed by atoms with Gasteiger partial charge in [-0.3, -0.25) is 0 Å². The molecule has 2 aromatic rings. The number of nitrogens with zero attached hydrogens (tertiary/aromatic N) is 1. The van der Waals surface area contributed by atoms with Gasteiger partial charge in [-0.05, 0) is 66.9 Å². The maximum Gasteiger partial charge on any atom is 0.339 e. The summed E-state index contributed by atoms with van der Waals surface area (Å²) in [5, 5.41) is 11.5. The van der Waals surface area contributed by atoms with Gasteiger partial charge < -0.3 is 9.39 Å². The van der Waals surface area contributed by atoms with Crippen LogP contribution in [0.15, 0.2) is 50.9 Å². The van der Waals surface area contributed by atoms with Gasteiger partial charge in [0.2, 0.25) is 0 Å². The van der Waals surface area contributed by atoms with Crippen molar-refractivity contribution in [3.05, 3.63) is 57.6 Å². The van der Waals surface area contributed by atoms with E-state index in [1.807, 2.05) is 0 Å². The number of halogens is 1. The minimum absolute atomic E-state index is 0.0792. The van der Waals surface area contributed by atoms with E-state index in [1.54, 1.807) is 38.1 Å². The third kappa shape index (κ3) is 3.66. The summed E-state index contributed by atoms with van der Waals surface area (Å²) in [5.74, 6) is 0.276. The fraction of sp³-hybridized carbons (Fsp3) is 0.133. The average Bonchev–Trinajstić information content (AvgIpc) is 2.44. The molecule has 116 valence electrons. The number of aryl methyl sites for hydroxylation is 2. The second-order valence-electron chi connectivity index (χ2n) is 4.72. The first-order chi connectivity index (χ1) is 10.3. The van der Waals surface area contributed by atoms with Gasteiger partial charge in [0.25, 0.3) is 0 Å². The molecule has 0 fully saturated rings. The Kier molecular flexibility index (Phi) is 4.87. The van der Waals surface area contributed by atoms with Gasteiger partial charge in [-0.1, -0.05) is 21.1 Å². The van der Waals surface area contributed by atoms with Gasteiger partial charge in [-0.25, -0.2) is 0 Å². The first-order valence-corrected chi connectivity index (χ1v) is 8.52. The number of hydrogen-bond acceptors (Lipinski definition) is 5. The summed E-state index contributed by atoms with van der Waals surface area (Å²) in [6.07, 6.45) is 1.27. The molecular weight excluding hydrogens is 370 g/mol. The Hall–Kier alpha value is -1.86. The van der Waals surface area contributed by atoms with Gasteiger partial charge in [0.1, 0.15) is 10.6 Å². The summed E-state index contributed by atoms with van der Waals surface area (Å²) >= 11 is 3.26. The Morgan fingerprint density at radius 3 is 2.18 bits per heavy atom. The molecule has 0 unspecified atom stereocenters. The second-order valence-corrected chi connectivity index (χ2v) is 7.18. The lowest BCUT2D eigenvalue weighted by atomic mass is 10.1. The van der Waals surface area contributed by atoms with Crippen molar-refractivity contribution in [3.8, 4) is 5.75 Å². The van der Waals surface area contributed by atoms with Crippen LogP contribution >= 0.6 is 15.9 Å². The highest BCUT2D eigenvalue weighted by Crippen LogP contribution is 2.28. The molecule has 2 aromatic carbocycles. The van der Waals surface area contributed by atoms with Gasteiger partial charge in [0, 0.05) is 4.47 Å². The van der Waals surface area contributed by atoms with Crippen LogP contribution in [-0.2, 0) is 10.1 Å². The zero-order chi connectivity index (χ0) is 16.3. The van der Waals surface area contributed by atoms with Crippen LogP contribution in [0.1, 0.15) is 16.7 Å². The van der Waals surface area contributed by atoms with E-state index in [0.717, 1.165) is 4.47 Å². The number of oxime groups is 1. The molecule has 0 saturated heterocycles. The zero-order valence-electron chi connectivity index (χ0n) is 11.9. The molecule has 0 saturated carbocycles. The summed E-state index contributed by atoms with van der Waals surface area (Å²) < 4.78 is 30.7. The van der Waals surface area contributed by atoms with E-state index >= 15 is 0 Å².